The van der Waals surface area contributed by atoms with Crippen molar-refractivity contribution in [2.24, 2.45) is 11.5 Å². The van der Waals surface area contributed by atoms with Crippen molar-refractivity contribution >= 4 is 10.1 Å². The molecule has 0 unspecified atom stereocenters. The van der Waals surface area contributed by atoms with Crippen molar-refractivity contribution in [3.05, 3.63) is 0 Å². The van der Waals surface area contributed by atoms with Crippen molar-refractivity contribution in [1.29, 1.82) is 0 Å². The van der Waals surface area contributed by atoms with Crippen LogP contribution in [0.4, 0.5) is 0 Å². The van der Waals surface area contributed by atoms with Gasteiger partial charge in [-0.3, -0.25) is 11.5 Å². The Bertz CT molecular complexity index is 222. The van der Waals surface area contributed by atoms with Gasteiger partial charge < -0.3 is 9.04 Å². The first kappa shape index (κ1) is 11.8. The molecule has 0 aliphatic carbocycles. The molecule has 4 N–H and O–H groups in total. The molecule has 0 radical (unpaired) electrons. The first-order valence-electron chi connectivity index (χ1n) is 3.50. The fourth-order valence-electron chi connectivity index (χ4n) is 0.589. The highest BCUT2D eigenvalue weighted by atomic mass is 32.2. The lowest BCUT2D eigenvalue weighted by molar-refractivity contribution is -0.906. The van der Waals surface area contributed by atoms with Gasteiger partial charge in [0.15, 0.2) is 0 Å². The SMILES string of the molecule is C[N+](CN)(CN)CCS(=O)(=O)[O-]. The standard InChI is InChI=1S/C5H15N3O3S/c1-8(4-6,5-7)2-3-12(9,10)11/h2-7H2,1H3. The molecule has 0 spiro atoms. The maximum absolute atomic E-state index is 10.3. The number of nitrogens with zero attached hydrogens (tertiary/aromatic N) is 1. The molecular weight excluding hydrogens is 182 g/mol. The van der Waals surface area contributed by atoms with Crippen LogP contribution >= 0.6 is 0 Å². The van der Waals surface area contributed by atoms with Gasteiger partial charge in [0.05, 0.1) is 19.3 Å². The molecule has 7 heteroatoms. The second-order valence-electron chi connectivity index (χ2n) is 2.97. The molecule has 0 heterocycles. The Balaban J connectivity index is 4.07. The van der Waals surface area contributed by atoms with Crippen LogP contribution in [-0.2, 0) is 10.1 Å². The number of hydrogen-bond donors (Lipinski definition) is 2. The average Bonchev–Trinajstić information content (AvgIpc) is 1.99. The average molecular weight is 197 g/mol. The summed E-state index contributed by atoms with van der Waals surface area (Å²) in [5.74, 6) is -0.419. The summed E-state index contributed by atoms with van der Waals surface area (Å²) in [5.41, 5.74) is 10.7. The highest BCUT2D eigenvalue weighted by Crippen LogP contribution is 1.96. The molecule has 12 heavy (non-hydrogen) atoms. The fraction of sp³-hybridized carbons (Fsp3) is 1.00. The van der Waals surface area contributed by atoms with Crippen LogP contribution < -0.4 is 11.5 Å². The van der Waals surface area contributed by atoms with Crippen molar-refractivity contribution in [2.75, 3.05) is 32.7 Å². The maximum atomic E-state index is 10.3. The molecule has 6 nitrogen and oxygen atoms in total. The third-order valence-corrected chi connectivity index (χ3v) is 2.45. The van der Waals surface area contributed by atoms with Crippen LogP contribution in [0.25, 0.3) is 0 Å². The molecule has 0 saturated carbocycles. The third-order valence-electron chi connectivity index (χ3n) is 1.76. The largest absolute Gasteiger partial charge is 0.748 e. The molecular formula is C5H15N3O3S. The van der Waals surface area contributed by atoms with Gasteiger partial charge >= 0.3 is 0 Å². The Morgan fingerprint density at radius 2 is 1.75 bits per heavy atom. The first-order valence-corrected chi connectivity index (χ1v) is 5.08. The monoisotopic (exact) mass is 197 g/mol. The Morgan fingerprint density at radius 1 is 1.33 bits per heavy atom. The van der Waals surface area contributed by atoms with Gasteiger partial charge in [0.25, 0.3) is 0 Å². The molecule has 0 rings (SSSR count). The van der Waals surface area contributed by atoms with E-state index in [4.69, 9.17) is 11.5 Å². The van der Waals surface area contributed by atoms with Crippen molar-refractivity contribution in [2.45, 2.75) is 0 Å². The summed E-state index contributed by atoms with van der Waals surface area (Å²) < 4.78 is 31.0. The van der Waals surface area contributed by atoms with Gasteiger partial charge in [-0.2, -0.15) is 0 Å². The summed E-state index contributed by atoms with van der Waals surface area (Å²) in [5, 5.41) is 0. The summed E-state index contributed by atoms with van der Waals surface area (Å²) in [6, 6.07) is 0. The second kappa shape index (κ2) is 4.15. The van der Waals surface area contributed by atoms with Gasteiger partial charge in [-0.1, -0.05) is 0 Å². The number of hydrogen-bond acceptors (Lipinski definition) is 5. The predicted octanol–water partition coefficient (Wildman–Crippen LogP) is -2.19. The van der Waals surface area contributed by atoms with E-state index in [0.29, 0.717) is 0 Å². The van der Waals surface area contributed by atoms with Gasteiger partial charge in [0.1, 0.15) is 23.5 Å². The van der Waals surface area contributed by atoms with E-state index >= 15 is 0 Å². The summed E-state index contributed by atoms with van der Waals surface area (Å²) >= 11 is 0. The zero-order valence-electron chi connectivity index (χ0n) is 7.06. The van der Waals surface area contributed by atoms with E-state index in [1.54, 1.807) is 7.05 Å². The molecule has 0 aromatic carbocycles. The minimum absolute atomic E-state index is 0.166. The van der Waals surface area contributed by atoms with Gasteiger partial charge in [-0.25, -0.2) is 8.42 Å². The van der Waals surface area contributed by atoms with Gasteiger partial charge in [0.2, 0.25) is 0 Å². The molecule has 0 aromatic rings. The van der Waals surface area contributed by atoms with Gasteiger partial charge in [-0.05, 0) is 0 Å². The molecule has 0 aliphatic rings. The Morgan fingerprint density at radius 3 is 2.00 bits per heavy atom. The highest BCUT2D eigenvalue weighted by molar-refractivity contribution is 7.85. The van der Waals surface area contributed by atoms with Crippen molar-refractivity contribution in [1.82, 2.24) is 0 Å². The van der Waals surface area contributed by atoms with Crippen LogP contribution in [0.15, 0.2) is 0 Å². The minimum atomic E-state index is -4.15. The van der Waals surface area contributed by atoms with Crippen molar-refractivity contribution < 1.29 is 17.5 Å². The zero-order chi connectivity index (χ0) is 9.83. The molecule has 0 amide bonds. The minimum Gasteiger partial charge on any atom is -0.748 e. The van der Waals surface area contributed by atoms with E-state index in [2.05, 4.69) is 0 Å². The number of nitrogens with two attached hydrogens (primary N) is 2. The molecule has 74 valence electrons. The summed E-state index contributed by atoms with van der Waals surface area (Å²) in [6.45, 7) is 0.622. The Kier molecular flexibility index (Phi) is 4.08. The maximum Gasteiger partial charge on any atom is 0.130 e. The van der Waals surface area contributed by atoms with E-state index in [1.165, 1.54) is 0 Å². The van der Waals surface area contributed by atoms with Gasteiger partial charge in [-0.15, -0.1) is 0 Å². The normalized spacial score (nSPS) is 13.3. The van der Waals surface area contributed by atoms with E-state index in [0.717, 1.165) is 0 Å². The smallest absolute Gasteiger partial charge is 0.130 e. The third kappa shape index (κ3) is 4.62. The molecule has 0 aliphatic heterocycles. The Hall–Kier alpha value is -0.210. The predicted molar refractivity (Wildman–Crippen MR) is 43.7 cm³/mol. The second-order valence-corrected chi connectivity index (χ2v) is 4.49. The molecule has 0 saturated heterocycles. The summed E-state index contributed by atoms with van der Waals surface area (Å²) in [6.07, 6.45) is 0. The van der Waals surface area contributed by atoms with Crippen molar-refractivity contribution in [3.8, 4) is 0 Å². The van der Waals surface area contributed by atoms with Crippen LogP contribution in [0, 0.1) is 0 Å². The van der Waals surface area contributed by atoms with Crippen LogP contribution in [0.2, 0.25) is 0 Å². The molecule has 0 atom stereocenters. The fourth-order valence-corrected chi connectivity index (χ4v) is 1.25. The van der Waals surface area contributed by atoms with Crippen molar-refractivity contribution in [3.63, 3.8) is 0 Å². The zero-order valence-corrected chi connectivity index (χ0v) is 7.88. The quantitative estimate of drug-likeness (QED) is 0.295. The lowest BCUT2D eigenvalue weighted by Gasteiger charge is -2.31. The lowest BCUT2D eigenvalue weighted by atomic mass is 10.5. The number of rotatable bonds is 5. The van der Waals surface area contributed by atoms with Crippen LogP contribution in [0.5, 0.6) is 0 Å². The van der Waals surface area contributed by atoms with Gasteiger partial charge in [0, 0.05) is 0 Å². The van der Waals surface area contributed by atoms with Crippen LogP contribution in [0.1, 0.15) is 0 Å². The molecule has 0 aromatic heterocycles. The van der Waals surface area contributed by atoms with Crippen LogP contribution in [0.3, 0.4) is 0 Å². The van der Waals surface area contributed by atoms with Crippen LogP contribution in [-0.4, -0.2) is 50.1 Å². The summed E-state index contributed by atoms with van der Waals surface area (Å²) in [4.78, 5) is 0. The van der Waals surface area contributed by atoms with E-state index in [9.17, 15) is 13.0 Å². The number of quaternary nitrogens is 1. The lowest BCUT2D eigenvalue weighted by Crippen LogP contribution is -2.53. The summed E-state index contributed by atoms with van der Waals surface area (Å²) in [7, 11) is -2.45. The molecule has 0 bridgehead atoms. The van der Waals surface area contributed by atoms with E-state index < -0.39 is 15.9 Å². The van der Waals surface area contributed by atoms with E-state index in [1.807, 2.05) is 0 Å². The first-order chi connectivity index (χ1) is 5.33. The highest BCUT2D eigenvalue weighted by Gasteiger charge is 2.17. The topological polar surface area (TPSA) is 109 Å². The Labute approximate surface area is 72.5 Å². The van der Waals surface area contributed by atoms with E-state index in [-0.39, 0.29) is 24.4 Å². The molecule has 0 fully saturated rings.